The minimum absolute atomic E-state index is 0.122. The van der Waals surface area contributed by atoms with Gasteiger partial charge < -0.3 is 29.3 Å². The van der Waals surface area contributed by atoms with Gasteiger partial charge in [-0.2, -0.15) is 0 Å². The van der Waals surface area contributed by atoms with Gasteiger partial charge in [-0.15, -0.1) is 0 Å². The van der Waals surface area contributed by atoms with Gasteiger partial charge in [0.1, 0.15) is 24.2 Å². The number of cyclic esters (lactones) is 1. The lowest BCUT2D eigenvalue weighted by Gasteiger charge is -2.38. The fraction of sp³-hybridized carbons (Fsp3) is 0.536. The van der Waals surface area contributed by atoms with Gasteiger partial charge in [0.25, 0.3) is 5.91 Å². The number of anilines is 2. The molecule has 4 aliphatic rings. The van der Waals surface area contributed by atoms with Gasteiger partial charge in [0.05, 0.1) is 24.7 Å². The number of aliphatic hydroxyl groups is 1. The Morgan fingerprint density at radius 1 is 1.08 bits per heavy atom. The van der Waals surface area contributed by atoms with Gasteiger partial charge in [0, 0.05) is 31.0 Å². The lowest BCUT2D eigenvalue weighted by atomic mass is 9.78. The Balaban J connectivity index is 1.57. The maximum absolute atomic E-state index is 14.3. The zero-order chi connectivity index (χ0) is 26.3. The first-order chi connectivity index (χ1) is 17.9. The Morgan fingerprint density at radius 2 is 1.81 bits per heavy atom. The van der Waals surface area contributed by atoms with Gasteiger partial charge in [0.15, 0.2) is 0 Å². The molecule has 1 spiro atoms. The Bertz CT molecular complexity index is 1110. The molecule has 1 aromatic rings. The summed E-state index contributed by atoms with van der Waals surface area (Å²) in [5.74, 6) is -2.92. The van der Waals surface area contributed by atoms with Crippen LogP contribution in [-0.2, 0) is 23.9 Å². The molecule has 198 valence electrons. The highest BCUT2D eigenvalue weighted by molar-refractivity contribution is 6.05. The molecular formula is C28H35N3O6. The second-order valence-corrected chi connectivity index (χ2v) is 9.93. The molecule has 2 fully saturated rings. The molecule has 1 N–H and O–H groups in total. The van der Waals surface area contributed by atoms with Crippen molar-refractivity contribution in [2.75, 3.05) is 42.6 Å². The molecule has 1 aromatic carbocycles. The minimum Gasteiger partial charge on any atom is -0.461 e. The van der Waals surface area contributed by atoms with Crippen molar-refractivity contribution >= 4 is 29.2 Å². The summed E-state index contributed by atoms with van der Waals surface area (Å²) in [5, 5.41) is 10.2. The molecule has 1 unspecified atom stereocenters. The zero-order valence-corrected chi connectivity index (χ0v) is 21.6. The number of ether oxygens (including phenoxy) is 2. The first-order valence-corrected chi connectivity index (χ1v) is 13.2. The van der Waals surface area contributed by atoms with Crippen LogP contribution in [0.5, 0.6) is 0 Å². The molecule has 0 aliphatic carbocycles. The largest absolute Gasteiger partial charge is 0.461 e. The van der Waals surface area contributed by atoms with Gasteiger partial charge >= 0.3 is 5.97 Å². The Morgan fingerprint density at radius 3 is 2.46 bits per heavy atom. The fourth-order valence-corrected chi connectivity index (χ4v) is 6.38. The topological polar surface area (TPSA) is 99.6 Å². The summed E-state index contributed by atoms with van der Waals surface area (Å²) in [4.78, 5) is 46.7. The summed E-state index contributed by atoms with van der Waals surface area (Å²) in [7, 11) is 0. The molecule has 0 bridgehead atoms. The van der Waals surface area contributed by atoms with Crippen molar-refractivity contribution < 1.29 is 29.0 Å². The predicted molar refractivity (Wildman–Crippen MR) is 138 cm³/mol. The molecule has 0 saturated carbocycles. The monoisotopic (exact) mass is 509 g/mol. The van der Waals surface area contributed by atoms with Gasteiger partial charge in [-0.3, -0.25) is 14.4 Å². The number of hydrogen-bond donors (Lipinski definition) is 1. The summed E-state index contributed by atoms with van der Waals surface area (Å²) in [6.45, 7) is 7.93. The highest BCUT2D eigenvalue weighted by atomic mass is 16.6. The van der Waals surface area contributed by atoms with Crippen molar-refractivity contribution in [3.63, 3.8) is 0 Å². The average Bonchev–Trinajstić information content (AvgIpc) is 3.21. The van der Waals surface area contributed by atoms with Crippen molar-refractivity contribution in [2.45, 2.75) is 51.0 Å². The third-order valence-corrected chi connectivity index (χ3v) is 8.22. The molecule has 0 aromatic heterocycles. The molecule has 37 heavy (non-hydrogen) atoms. The van der Waals surface area contributed by atoms with Gasteiger partial charge in [-0.05, 0) is 50.6 Å². The van der Waals surface area contributed by atoms with E-state index in [9.17, 15) is 19.5 Å². The van der Waals surface area contributed by atoms with E-state index in [0.29, 0.717) is 18.7 Å². The number of amides is 2. The standard InChI is InChI=1S/C28H35N3O6/c1-4-18(17-32)31-24-26(34)30(20-12-10-19(11-13-20)29(5-2)6-3)15-8-14-28(24)23(25(31)33)22-21(37-28)9-7-16-36-27(22)35/h7-14,18,21-24,32H,4-6,15-17H2,1-3H3/t18-,21+,22-,23-,24?,28-/m0/s1. The van der Waals surface area contributed by atoms with Crippen molar-refractivity contribution in [1.29, 1.82) is 0 Å². The van der Waals surface area contributed by atoms with Crippen molar-refractivity contribution in [1.82, 2.24) is 4.90 Å². The quantitative estimate of drug-likeness (QED) is 0.443. The van der Waals surface area contributed by atoms with Crippen molar-refractivity contribution in [3.05, 3.63) is 48.6 Å². The van der Waals surface area contributed by atoms with Crippen LogP contribution in [-0.4, -0.2) is 84.4 Å². The number of carbonyl (C=O) groups is 3. The van der Waals surface area contributed by atoms with Crippen LogP contribution in [0.25, 0.3) is 0 Å². The van der Waals surface area contributed by atoms with Crippen LogP contribution < -0.4 is 9.80 Å². The Kier molecular flexibility index (Phi) is 6.85. The zero-order valence-electron chi connectivity index (χ0n) is 21.6. The fourth-order valence-electron chi connectivity index (χ4n) is 6.38. The summed E-state index contributed by atoms with van der Waals surface area (Å²) in [6, 6.07) is 6.22. The maximum Gasteiger partial charge on any atom is 0.313 e. The second kappa shape index (κ2) is 9.95. The predicted octanol–water partition coefficient (Wildman–Crippen LogP) is 1.90. The second-order valence-electron chi connectivity index (χ2n) is 9.93. The summed E-state index contributed by atoms with van der Waals surface area (Å²) in [6.07, 6.45) is 6.90. The first kappa shape index (κ1) is 25.5. The van der Waals surface area contributed by atoms with E-state index < -0.39 is 41.6 Å². The number of esters is 1. The maximum atomic E-state index is 14.3. The molecular weight excluding hydrogens is 474 g/mol. The van der Waals surface area contributed by atoms with Crippen LogP contribution in [0.1, 0.15) is 27.2 Å². The lowest BCUT2D eigenvalue weighted by Crippen LogP contribution is -2.58. The Hall–Kier alpha value is -3.17. The summed E-state index contributed by atoms with van der Waals surface area (Å²) >= 11 is 0. The van der Waals surface area contributed by atoms with Crippen LogP contribution in [0.3, 0.4) is 0 Å². The molecule has 0 radical (unpaired) electrons. The average molecular weight is 510 g/mol. The van der Waals surface area contributed by atoms with E-state index in [1.54, 1.807) is 23.1 Å². The van der Waals surface area contributed by atoms with E-state index in [1.165, 1.54) is 4.90 Å². The van der Waals surface area contributed by atoms with Gasteiger partial charge in [0.2, 0.25) is 5.91 Å². The number of nitrogens with zero attached hydrogens (tertiary/aromatic N) is 3. The first-order valence-electron chi connectivity index (χ1n) is 13.2. The SMILES string of the molecule is CC[C@@H](CO)N1C(=O)[C@@H]2[C@H]3C(=O)OCC=C[C@H]3O[C@@]23C=CCN(c2ccc(N(CC)CC)cc2)C(=O)C13. The van der Waals surface area contributed by atoms with E-state index in [0.717, 1.165) is 18.8 Å². The Labute approximate surface area is 217 Å². The minimum atomic E-state index is -1.33. The normalized spacial score (nSPS) is 31.4. The van der Waals surface area contributed by atoms with E-state index in [-0.39, 0.29) is 25.0 Å². The number of benzene rings is 1. The van der Waals surface area contributed by atoms with Crippen LogP contribution >= 0.6 is 0 Å². The number of likely N-dealkylation sites (tertiary alicyclic amines) is 1. The summed E-state index contributed by atoms with van der Waals surface area (Å²) < 4.78 is 11.9. The van der Waals surface area contributed by atoms with Crippen LogP contribution in [0.4, 0.5) is 11.4 Å². The highest BCUT2D eigenvalue weighted by Gasteiger charge is 2.72. The van der Waals surface area contributed by atoms with E-state index in [1.807, 2.05) is 37.3 Å². The van der Waals surface area contributed by atoms with Gasteiger partial charge in [-0.1, -0.05) is 25.2 Å². The van der Waals surface area contributed by atoms with Crippen molar-refractivity contribution in [2.24, 2.45) is 11.8 Å². The molecule has 2 amide bonds. The molecule has 2 saturated heterocycles. The molecule has 9 heteroatoms. The van der Waals surface area contributed by atoms with Gasteiger partial charge in [-0.25, -0.2) is 0 Å². The van der Waals surface area contributed by atoms with E-state index in [4.69, 9.17) is 9.47 Å². The van der Waals surface area contributed by atoms with Crippen LogP contribution in [0, 0.1) is 11.8 Å². The number of fused-ring (bicyclic) bond motifs is 2. The molecule has 5 rings (SSSR count). The highest BCUT2D eigenvalue weighted by Crippen LogP contribution is 2.54. The van der Waals surface area contributed by atoms with Crippen molar-refractivity contribution in [3.8, 4) is 0 Å². The smallest absolute Gasteiger partial charge is 0.313 e. The molecule has 6 atom stereocenters. The molecule has 9 nitrogen and oxygen atoms in total. The third kappa shape index (κ3) is 3.87. The van der Waals surface area contributed by atoms with Crippen LogP contribution in [0.15, 0.2) is 48.6 Å². The summed E-state index contributed by atoms with van der Waals surface area (Å²) in [5.41, 5.74) is 0.446. The van der Waals surface area contributed by atoms with E-state index in [2.05, 4.69) is 18.7 Å². The van der Waals surface area contributed by atoms with E-state index >= 15 is 0 Å². The lowest BCUT2D eigenvalue weighted by molar-refractivity contribution is -0.153. The number of carbonyl (C=O) groups excluding carboxylic acids is 3. The number of rotatable bonds is 7. The number of hydrogen-bond acceptors (Lipinski definition) is 7. The van der Waals surface area contributed by atoms with Crippen LogP contribution in [0.2, 0.25) is 0 Å². The third-order valence-electron chi connectivity index (χ3n) is 8.22. The molecule has 4 heterocycles. The number of aliphatic hydroxyl groups excluding tert-OH is 1. The molecule has 4 aliphatic heterocycles.